The predicted octanol–water partition coefficient (Wildman–Crippen LogP) is 3.42. The number of ether oxygens (including phenoxy) is 1. The third kappa shape index (κ3) is 4.33. The molecule has 28 heavy (non-hydrogen) atoms. The zero-order chi connectivity index (χ0) is 20.3. The maximum atomic E-state index is 12.8. The van der Waals surface area contributed by atoms with Gasteiger partial charge in [-0.15, -0.1) is 5.10 Å². The van der Waals surface area contributed by atoms with Crippen LogP contribution in [0.25, 0.3) is 11.0 Å². The minimum Gasteiger partial charge on any atom is -0.487 e. The average Bonchev–Trinajstić information content (AvgIpc) is 3.01. The fraction of sp³-hybridized carbons (Fsp3) is 0.278. The van der Waals surface area contributed by atoms with Crippen LogP contribution in [0.1, 0.15) is 11.1 Å². The van der Waals surface area contributed by atoms with Crippen LogP contribution in [-0.4, -0.2) is 34.4 Å². The minimum atomic E-state index is -4.44. The number of halogens is 3. The summed E-state index contributed by atoms with van der Waals surface area (Å²) in [5.74, 6) is 0.0747. The van der Waals surface area contributed by atoms with E-state index in [-0.39, 0.29) is 18.9 Å². The normalized spacial score (nSPS) is 12.4. The number of nitrogen functional groups attached to an aromatic ring is 1. The molecule has 0 unspecified atom stereocenters. The van der Waals surface area contributed by atoms with Gasteiger partial charge in [0, 0.05) is 5.69 Å². The Labute approximate surface area is 158 Å². The molecule has 2 N–H and O–H groups in total. The molecular formula is C18H18F3N5O2. The number of aryl methyl sites for hydroxylation is 1. The zero-order valence-corrected chi connectivity index (χ0v) is 15.2. The van der Waals surface area contributed by atoms with Crippen molar-refractivity contribution in [2.24, 2.45) is 5.16 Å². The van der Waals surface area contributed by atoms with E-state index < -0.39 is 11.7 Å². The molecule has 148 valence electrons. The van der Waals surface area contributed by atoms with Crippen molar-refractivity contribution < 1.29 is 22.7 Å². The van der Waals surface area contributed by atoms with Crippen molar-refractivity contribution in [3.05, 3.63) is 47.5 Å². The number of benzene rings is 2. The summed E-state index contributed by atoms with van der Waals surface area (Å²) in [5.41, 5.74) is 8.36. The van der Waals surface area contributed by atoms with Crippen LogP contribution in [0.3, 0.4) is 0 Å². The predicted molar refractivity (Wildman–Crippen MR) is 98.1 cm³/mol. The van der Waals surface area contributed by atoms with E-state index in [4.69, 9.17) is 15.3 Å². The smallest absolute Gasteiger partial charge is 0.416 e. The van der Waals surface area contributed by atoms with Crippen LogP contribution in [0.5, 0.6) is 5.75 Å². The SMILES string of the molecule is CON=C(COc1cccc(C(F)(F)F)c1)Cn1nnc2cc(N)c(C)cc21. The second kappa shape index (κ2) is 7.75. The number of oxime groups is 1. The summed E-state index contributed by atoms with van der Waals surface area (Å²) >= 11 is 0. The molecule has 1 aromatic heterocycles. The van der Waals surface area contributed by atoms with Gasteiger partial charge in [-0.1, -0.05) is 16.4 Å². The van der Waals surface area contributed by atoms with Crippen molar-refractivity contribution in [2.45, 2.75) is 19.6 Å². The highest BCUT2D eigenvalue weighted by Crippen LogP contribution is 2.31. The van der Waals surface area contributed by atoms with Crippen LogP contribution >= 0.6 is 0 Å². The highest BCUT2D eigenvalue weighted by atomic mass is 19.4. The summed E-state index contributed by atoms with van der Waals surface area (Å²) in [7, 11) is 1.37. The maximum absolute atomic E-state index is 12.8. The number of nitrogens with two attached hydrogens (primary N) is 1. The van der Waals surface area contributed by atoms with Gasteiger partial charge in [0.15, 0.2) is 0 Å². The largest absolute Gasteiger partial charge is 0.487 e. The molecule has 7 nitrogen and oxygen atoms in total. The Balaban J connectivity index is 1.77. The fourth-order valence-corrected chi connectivity index (χ4v) is 2.58. The topological polar surface area (TPSA) is 87.5 Å². The van der Waals surface area contributed by atoms with E-state index >= 15 is 0 Å². The number of anilines is 1. The van der Waals surface area contributed by atoms with Crippen LogP contribution in [0.2, 0.25) is 0 Å². The van der Waals surface area contributed by atoms with E-state index in [2.05, 4.69) is 15.5 Å². The fourth-order valence-electron chi connectivity index (χ4n) is 2.58. The van der Waals surface area contributed by atoms with E-state index in [9.17, 15) is 13.2 Å². The van der Waals surface area contributed by atoms with Crippen molar-refractivity contribution >= 4 is 22.4 Å². The summed E-state index contributed by atoms with van der Waals surface area (Å²) in [5, 5.41) is 12.0. The van der Waals surface area contributed by atoms with E-state index in [1.807, 2.05) is 13.0 Å². The molecule has 1 heterocycles. The molecule has 0 aliphatic heterocycles. The Morgan fingerprint density at radius 2 is 2.04 bits per heavy atom. The first kappa shape index (κ1) is 19.5. The molecule has 10 heteroatoms. The molecule has 0 bridgehead atoms. The Morgan fingerprint density at radius 3 is 2.75 bits per heavy atom. The molecule has 0 radical (unpaired) electrons. The number of fused-ring (bicyclic) bond motifs is 1. The van der Waals surface area contributed by atoms with Gasteiger partial charge in [-0.25, -0.2) is 4.68 Å². The molecule has 2 aromatic carbocycles. The van der Waals surface area contributed by atoms with E-state index in [1.54, 1.807) is 10.7 Å². The van der Waals surface area contributed by atoms with E-state index in [0.29, 0.717) is 16.9 Å². The highest BCUT2D eigenvalue weighted by Gasteiger charge is 2.30. The first-order valence-corrected chi connectivity index (χ1v) is 8.26. The van der Waals surface area contributed by atoms with Crippen molar-refractivity contribution in [3.63, 3.8) is 0 Å². The Hall–Kier alpha value is -3.30. The third-order valence-corrected chi connectivity index (χ3v) is 4.02. The van der Waals surface area contributed by atoms with E-state index in [0.717, 1.165) is 23.2 Å². The van der Waals surface area contributed by atoms with Gasteiger partial charge in [0.05, 0.1) is 17.6 Å². The standard InChI is InChI=1S/C18H18F3N5O2/c1-11-6-17-16(8-15(11)22)23-25-26(17)9-13(24-27-2)10-28-14-5-3-4-12(7-14)18(19,20)21/h3-8H,9-10,22H2,1-2H3. The summed E-state index contributed by atoms with van der Waals surface area (Å²) < 4.78 is 45.5. The quantitative estimate of drug-likeness (QED) is 0.394. The Bertz CT molecular complexity index is 1010. The van der Waals surface area contributed by atoms with Crippen LogP contribution in [0, 0.1) is 6.92 Å². The summed E-state index contributed by atoms with van der Waals surface area (Å²) in [6, 6.07) is 8.21. The molecule has 3 rings (SSSR count). The lowest BCUT2D eigenvalue weighted by Gasteiger charge is -2.11. The van der Waals surface area contributed by atoms with Crippen molar-refractivity contribution in [1.29, 1.82) is 0 Å². The van der Waals surface area contributed by atoms with Gasteiger partial charge in [-0.3, -0.25) is 0 Å². The number of hydrogen-bond donors (Lipinski definition) is 1. The first-order valence-electron chi connectivity index (χ1n) is 8.26. The van der Waals surface area contributed by atoms with Crippen molar-refractivity contribution in [1.82, 2.24) is 15.0 Å². The molecule has 0 spiro atoms. The first-order chi connectivity index (χ1) is 13.3. The van der Waals surface area contributed by atoms with Gasteiger partial charge in [-0.2, -0.15) is 13.2 Å². The molecular weight excluding hydrogens is 375 g/mol. The molecule has 0 saturated heterocycles. The summed E-state index contributed by atoms with van der Waals surface area (Å²) in [6.07, 6.45) is -4.44. The Morgan fingerprint density at radius 1 is 1.25 bits per heavy atom. The van der Waals surface area contributed by atoms with Gasteiger partial charge in [-0.05, 0) is 42.8 Å². The lowest BCUT2D eigenvalue weighted by atomic mass is 10.2. The second-order valence-electron chi connectivity index (χ2n) is 6.10. The average molecular weight is 393 g/mol. The van der Waals surface area contributed by atoms with Crippen molar-refractivity contribution in [3.8, 4) is 5.75 Å². The zero-order valence-electron chi connectivity index (χ0n) is 15.2. The second-order valence-corrected chi connectivity index (χ2v) is 6.10. The number of hydrogen-bond acceptors (Lipinski definition) is 6. The molecule has 0 fully saturated rings. The third-order valence-electron chi connectivity index (χ3n) is 4.02. The number of aromatic nitrogens is 3. The van der Waals surface area contributed by atoms with Gasteiger partial charge < -0.3 is 15.3 Å². The number of rotatable bonds is 6. The molecule has 0 saturated carbocycles. The summed E-state index contributed by atoms with van der Waals surface area (Å²) in [6.45, 7) is 1.98. The Kier molecular flexibility index (Phi) is 5.39. The van der Waals surface area contributed by atoms with E-state index in [1.165, 1.54) is 19.2 Å². The van der Waals surface area contributed by atoms with Crippen molar-refractivity contribution in [2.75, 3.05) is 19.5 Å². The van der Waals surface area contributed by atoms with Crippen LogP contribution in [-0.2, 0) is 17.6 Å². The molecule has 0 atom stereocenters. The van der Waals surface area contributed by atoms with Gasteiger partial charge in [0.25, 0.3) is 0 Å². The minimum absolute atomic E-state index is 0.0747. The van der Waals surface area contributed by atoms with Crippen LogP contribution in [0.15, 0.2) is 41.6 Å². The highest BCUT2D eigenvalue weighted by molar-refractivity contribution is 5.87. The molecule has 0 aliphatic rings. The molecule has 0 aliphatic carbocycles. The van der Waals surface area contributed by atoms with Crippen LogP contribution in [0.4, 0.5) is 18.9 Å². The monoisotopic (exact) mass is 393 g/mol. The van der Waals surface area contributed by atoms with Gasteiger partial charge in [0.2, 0.25) is 0 Å². The maximum Gasteiger partial charge on any atom is 0.416 e. The lowest BCUT2D eigenvalue weighted by Crippen LogP contribution is -2.20. The lowest BCUT2D eigenvalue weighted by molar-refractivity contribution is -0.137. The van der Waals surface area contributed by atoms with Gasteiger partial charge >= 0.3 is 6.18 Å². The summed E-state index contributed by atoms with van der Waals surface area (Å²) in [4.78, 5) is 4.82. The molecule has 0 amide bonds. The molecule has 3 aromatic rings. The van der Waals surface area contributed by atoms with Gasteiger partial charge in [0.1, 0.15) is 30.7 Å². The number of alkyl halides is 3. The number of nitrogens with zero attached hydrogens (tertiary/aromatic N) is 4. The van der Waals surface area contributed by atoms with Crippen LogP contribution < -0.4 is 10.5 Å².